The van der Waals surface area contributed by atoms with Crippen LogP contribution >= 0.6 is 0 Å². The number of rotatable bonds is 8. The molecular weight excluding hydrogens is 508 g/mol. The fourth-order valence-electron chi connectivity index (χ4n) is 4.48. The van der Waals surface area contributed by atoms with E-state index in [9.17, 15) is 13.2 Å². The van der Waals surface area contributed by atoms with Gasteiger partial charge in [0, 0.05) is 25.1 Å². The Balaban J connectivity index is 1.20. The monoisotopic (exact) mass is 538 g/mol. The van der Waals surface area contributed by atoms with Gasteiger partial charge in [-0.05, 0) is 68.3 Å². The van der Waals surface area contributed by atoms with Gasteiger partial charge in [0.2, 0.25) is 15.9 Å². The maximum Gasteiger partial charge on any atom is 0.243 e. The highest BCUT2D eigenvalue weighted by Gasteiger charge is 2.33. The number of para-hydroxylation sites is 2. The van der Waals surface area contributed by atoms with Crippen molar-refractivity contribution >= 4 is 21.6 Å². The van der Waals surface area contributed by atoms with E-state index >= 15 is 0 Å². The Morgan fingerprint density at radius 2 is 1.63 bits per heavy atom. The van der Waals surface area contributed by atoms with E-state index in [1.807, 2.05) is 43.3 Å². The second-order valence-electron chi connectivity index (χ2n) is 8.98. The zero-order valence-corrected chi connectivity index (χ0v) is 21.9. The van der Waals surface area contributed by atoms with Gasteiger partial charge in [0.25, 0.3) is 0 Å². The summed E-state index contributed by atoms with van der Waals surface area (Å²) in [6, 6.07) is 19.1. The summed E-state index contributed by atoms with van der Waals surface area (Å²) in [5.41, 5.74) is 0.553. The Morgan fingerprint density at radius 1 is 0.947 bits per heavy atom. The number of carbonyl (C=O) groups is 1. The van der Waals surface area contributed by atoms with Crippen LogP contribution in [0.5, 0.6) is 28.7 Å². The van der Waals surface area contributed by atoms with Crippen LogP contribution in [0.3, 0.4) is 0 Å². The van der Waals surface area contributed by atoms with E-state index in [0.717, 1.165) is 5.75 Å². The van der Waals surface area contributed by atoms with Crippen molar-refractivity contribution in [2.45, 2.75) is 24.7 Å². The molecule has 0 aromatic heterocycles. The summed E-state index contributed by atoms with van der Waals surface area (Å²) in [4.78, 5) is 13.3. The van der Waals surface area contributed by atoms with Gasteiger partial charge in [0.1, 0.15) is 24.7 Å². The fraction of sp³-hybridized carbons (Fsp3) is 0.321. The summed E-state index contributed by atoms with van der Waals surface area (Å²) >= 11 is 0. The highest BCUT2D eigenvalue weighted by atomic mass is 32.2. The summed E-state index contributed by atoms with van der Waals surface area (Å²) in [7, 11) is -3.71. The van der Waals surface area contributed by atoms with E-state index in [0.29, 0.717) is 61.3 Å². The van der Waals surface area contributed by atoms with E-state index in [2.05, 4.69) is 5.32 Å². The number of hydrogen-bond acceptors (Lipinski definition) is 7. The molecule has 2 aliphatic rings. The number of carbonyl (C=O) groups excluding carboxylic acids is 1. The SMILES string of the molecule is CCOc1ccc(Oc2ccccc2NC(=O)C2CCN(S(=O)(=O)c3ccc4c(c3)OCCO4)CC2)cc1. The van der Waals surface area contributed by atoms with Crippen molar-refractivity contribution in [1.82, 2.24) is 4.31 Å². The molecule has 9 nitrogen and oxygen atoms in total. The lowest BCUT2D eigenvalue weighted by Gasteiger charge is -2.31. The lowest BCUT2D eigenvalue weighted by atomic mass is 9.97. The topological polar surface area (TPSA) is 103 Å². The van der Waals surface area contributed by atoms with Gasteiger partial charge in [-0.2, -0.15) is 4.31 Å². The van der Waals surface area contributed by atoms with Gasteiger partial charge in [0.15, 0.2) is 17.2 Å². The van der Waals surface area contributed by atoms with Gasteiger partial charge in [-0.1, -0.05) is 12.1 Å². The molecule has 10 heteroatoms. The fourth-order valence-corrected chi connectivity index (χ4v) is 5.97. The average Bonchev–Trinajstić information content (AvgIpc) is 2.95. The molecule has 38 heavy (non-hydrogen) atoms. The Hall–Kier alpha value is -3.76. The standard InChI is InChI=1S/C28H30N2O7S/c1-2-34-21-7-9-22(10-8-21)37-25-6-4-3-5-24(25)29-28(31)20-13-15-30(16-14-20)38(32,33)23-11-12-26-27(19-23)36-18-17-35-26/h3-12,19-20H,2,13-18H2,1H3,(H,29,31). The molecule has 1 N–H and O–H groups in total. The van der Waals surface area contributed by atoms with Crippen molar-refractivity contribution < 1.29 is 32.2 Å². The maximum absolute atomic E-state index is 13.2. The molecule has 3 aromatic rings. The maximum atomic E-state index is 13.2. The van der Waals surface area contributed by atoms with E-state index in [1.165, 1.54) is 16.4 Å². The minimum atomic E-state index is -3.71. The molecule has 0 bridgehead atoms. The second-order valence-corrected chi connectivity index (χ2v) is 10.9. The minimum Gasteiger partial charge on any atom is -0.494 e. The first-order chi connectivity index (χ1) is 18.4. The third kappa shape index (κ3) is 5.71. The highest BCUT2D eigenvalue weighted by Crippen LogP contribution is 2.35. The normalized spacial score (nSPS) is 16.0. The smallest absolute Gasteiger partial charge is 0.243 e. The van der Waals surface area contributed by atoms with Crippen LogP contribution in [0, 0.1) is 5.92 Å². The molecule has 2 aliphatic heterocycles. The van der Waals surface area contributed by atoms with Gasteiger partial charge >= 0.3 is 0 Å². The second kappa shape index (κ2) is 11.3. The zero-order valence-electron chi connectivity index (χ0n) is 21.1. The van der Waals surface area contributed by atoms with Gasteiger partial charge in [0.05, 0.1) is 17.2 Å². The number of nitrogens with one attached hydrogen (secondary N) is 1. The molecule has 5 rings (SSSR count). The van der Waals surface area contributed by atoms with Gasteiger partial charge in [-0.3, -0.25) is 4.79 Å². The lowest BCUT2D eigenvalue weighted by molar-refractivity contribution is -0.120. The number of sulfonamides is 1. The predicted molar refractivity (Wildman–Crippen MR) is 142 cm³/mol. The van der Waals surface area contributed by atoms with Crippen LogP contribution in [0.2, 0.25) is 0 Å². The van der Waals surface area contributed by atoms with Crippen molar-refractivity contribution in [2.24, 2.45) is 5.92 Å². The number of amides is 1. The van der Waals surface area contributed by atoms with Crippen molar-refractivity contribution in [3.05, 3.63) is 66.7 Å². The molecule has 2 heterocycles. The Kier molecular flexibility index (Phi) is 7.71. The van der Waals surface area contributed by atoms with Crippen molar-refractivity contribution in [3.63, 3.8) is 0 Å². The summed E-state index contributed by atoms with van der Waals surface area (Å²) in [6.45, 7) is 3.82. The average molecular weight is 539 g/mol. The van der Waals surface area contributed by atoms with Crippen LogP contribution in [0.15, 0.2) is 71.6 Å². The predicted octanol–water partition coefficient (Wildman–Crippen LogP) is 4.69. The molecule has 0 aliphatic carbocycles. The summed E-state index contributed by atoms with van der Waals surface area (Å²) in [6.07, 6.45) is 0.828. The van der Waals surface area contributed by atoms with E-state index in [1.54, 1.807) is 18.2 Å². The van der Waals surface area contributed by atoms with E-state index < -0.39 is 10.0 Å². The lowest BCUT2D eigenvalue weighted by Crippen LogP contribution is -2.41. The van der Waals surface area contributed by atoms with Crippen LogP contribution < -0.4 is 24.3 Å². The Bertz CT molecular complexity index is 1380. The molecule has 1 amide bonds. The van der Waals surface area contributed by atoms with Crippen LogP contribution in [0.4, 0.5) is 5.69 Å². The van der Waals surface area contributed by atoms with Crippen LogP contribution in [-0.2, 0) is 14.8 Å². The third-order valence-corrected chi connectivity index (χ3v) is 8.38. The first-order valence-corrected chi connectivity index (χ1v) is 14.1. The summed E-state index contributed by atoms with van der Waals surface area (Å²) < 4.78 is 50.4. The molecule has 1 fully saturated rings. The van der Waals surface area contributed by atoms with Gasteiger partial charge in [-0.15, -0.1) is 0 Å². The Labute approximate surface area is 222 Å². The zero-order chi connectivity index (χ0) is 26.5. The number of anilines is 1. The Morgan fingerprint density at radius 3 is 2.37 bits per heavy atom. The number of nitrogens with zero attached hydrogens (tertiary/aromatic N) is 1. The van der Waals surface area contributed by atoms with E-state index in [4.69, 9.17) is 18.9 Å². The number of piperidine rings is 1. The summed E-state index contributed by atoms with van der Waals surface area (Å²) in [5.74, 6) is 2.37. The highest BCUT2D eigenvalue weighted by molar-refractivity contribution is 7.89. The number of hydrogen-bond donors (Lipinski definition) is 1. The molecule has 0 unspecified atom stereocenters. The van der Waals surface area contributed by atoms with Crippen molar-refractivity contribution in [3.8, 4) is 28.7 Å². The first kappa shape index (κ1) is 25.9. The molecule has 0 atom stereocenters. The molecule has 0 saturated carbocycles. The molecule has 0 spiro atoms. The number of ether oxygens (including phenoxy) is 4. The number of benzene rings is 3. The van der Waals surface area contributed by atoms with Crippen molar-refractivity contribution in [2.75, 3.05) is 38.2 Å². The van der Waals surface area contributed by atoms with Crippen molar-refractivity contribution in [1.29, 1.82) is 0 Å². The van der Waals surface area contributed by atoms with Crippen LogP contribution in [0.25, 0.3) is 0 Å². The van der Waals surface area contributed by atoms with E-state index in [-0.39, 0.29) is 29.8 Å². The third-order valence-electron chi connectivity index (χ3n) is 6.48. The molecule has 0 radical (unpaired) electrons. The quantitative estimate of drug-likeness (QED) is 0.444. The molecule has 1 saturated heterocycles. The van der Waals surface area contributed by atoms with Crippen LogP contribution in [0.1, 0.15) is 19.8 Å². The molecule has 3 aromatic carbocycles. The molecule has 200 valence electrons. The largest absolute Gasteiger partial charge is 0.494 e. The molecular formula is C28H30N2O7S. The van der Waals surface area contributed by atoms with Crippen LogP contribution in [-0.4, -0.2) is 51.5 Å². The van der Waals surface area contributed by atoms with Gasteiger partial charge < -0.3 is 24.3 Å². The minimum absolute atomic E-state index is 0.157. The van der Waals surface area contributed by atoms with Gasteiger partial charge in [-0.25, -0.2) is 8.42 Å². The first-order valence-electron chi connectivity index (χ1n) is 12.6. The number of fused-ring (bicyclic) bond motifs is 1. The summed E-state index contributed by atoms with van der Waals surface area (Å²) in [5, 5.41) is 2.96.